The van der Waals surface area contributed by atoms with E-state index in [1.54, 1.807) is 11.0 Å². The highest BCUT2D eigenvalue weighted by molar-refractivity contribution is 7.20. The van der Waals surface area contributed by atoms with Gasteiger partial charge >= 0.3 is 12.4 Å². The summed E-state index contributed by atoms with van der Waals surface area (Å²) in [4.78, 5) is 13.7. The Kier molecular flexibility index (Phi) is 12.0. The summed E-state index contributed by atoms with van der Waals surface area (Å²) in [5.74, 6) is 2.82. The zero-order chi connectivity index (χ0) is 35.2. The average Bonchev–Trinajstić information content (AvgIpc) is 3.35. The minimum Gasteiger partial charge on any atom is -0.482 e. The first-order valence-corrected chi connectivity index (χ1v) is 15.4. The van der Waals surface area contributed by atoms with Crippen LogP contribution in [0.5, 0.6) is 5.75 Å². The molecule has 1 aliphatic rings. The van der Waals surface area contributed by atoms with Crippen LogP contribution < -0.4 is 20.7 Å². The number of benzene rings is 2. The molecule has 2 heterocycles. The van der Waals surface area contributed by atoms with Gasteiger partial charge in [-0.25, -0.2) is 8.78 Å². The monoisotopic (exact) mass is 708 g/mol. The van der Waals surface area contributed by atoms with E-state index in [9.17, 15) is 40.6 Å². The summed E-state index contributed by atoms with van der Waals surface area (Å²) < 4.78 is 114. The Morgan fingerprint density at radius 1 is 1.17 bits per heavy atom. The molecule has 1 aromatic heterocycles. The van der Waals surface area contributed by atoms with Crippen LogP contribution in [0.4, 0.5) is 46.5 Å². The normalized spacial score (nSPS) is 17.8. The number of halogens is 8. The molecule has 0 bridgehead atoms. The van der Waals surface area contributed by atoms with Gasteiger partial charge in [-0.3, -0.25) is 9.69 Å². The van der Waals surface area contributed by atoms with Crippen molar-refractivity contribution in [3.8, 4) is 17.6 Å². The van der Waals surface area contributed by atoms with E-state index in [-0.39, 0.29) is 41.1 Å². The van der Waals surface area contributed by atoms with Crippen LogP contribution in [0.2, 0.25) is 0 Å². The van der Waals surface area contributed by atoms with E-state index in [1.807, 2.05) is 0 Å². The van der Waals surface area contributed by atoms with Crippen molar-refractivity contribution in [1.82, 2.24) is 10.2 Å². The molecule has 48 heavy (non-hydrogen) atoms. The standard InChI is InChI=1S/C31H32F8N4O4S/c1-40-29(46)19-10-26(47-16-31(37,38)39)25(11-21(19)32)41-8-3-6-27-20(12-30(34,35)36)18-4-2-5-24(28(18)48-27)42-23-7-9-43(14-22(23)33)13-17(45)15-44/h2,4-5,10-11,17,22-23,41-42,44-45H,7-9,12-16H2,1H3,(H,40,46). The molecular weight excluding hydrogens is 676 g/mol. The van der Waals surface area contributed by atoms with Gasteiger partial charge < -0.3 is 30.9 Å². The van der Waals surface area contributed by atoms with Crippen LogP contribution in [-0.2, 0) is 6.42 Å². The van der Waals surface area contributed by atoms with Crippen LogP contribution in [-0.4, -0.2) is 98.1 Å². The first-order valence-electron chi connectivity index (χ1n) is 14.6. The van der Waals surface area contributed by atoms with Crippen molar-refractivity contribution in [2.24, 2.45) is 0 Å². The summed E-state index contributed by atoms with van der Waals surface area (Å²) in [5.41, 5.74) is -0.544. The van der Waals surface area contributed by atoms with Crippen LogP contribution in [0.1, 0.15) is 27.2 Å². The molecule has 8 nitrogen and oxygen atoms in total. The fourth-order valence-corrected chi connectivity index (χ4v) is 6.33. The number of nitrogens with one attached hydrogen (secondary N) is 3. The Hall–Kier alpha value is -3.85. The highest BCUT2D eigenvalue weighted by atomic mass is 32.1. The number of carbonyl (C=O) groups is 1. The third-order valence-electron chi connectivity index (χ3n) is 7.34. The van der Waals surface area contributed by atoms with E-state index in [2.05, 4.69) is 27.8 Å². The largest absolute Gasteiger partial charge is 0.482 e. The molecule has 3 aromatic rings. The molecule has 17 heteroatoms. The Morgan fingerprint density at radius 2 is 1.92 bits per heavy atom. The summed E-state index contributed by atoms with van der Waals surface area (Å²) >= 11 is 0.952. The van der Waals surface area contributed by atoms with Crippen molar-refractivity contribution in [3.63, 3.8) is 0 Å². The third-order valence-corrected chi connectivity index (χ3v) is 8.54. The van der Waals surface area contributed by atoms with Crippen molar-refractivity contribution >= 4 is 38.7 Å². The predicted molar refractivity (Wildman–Crippen MR) is 165 cm³/mol. The van der Waals surface area contributed by atoms with Crippen LogP contribution >= 0.6 is 11.3 Å². The van der Waals surface area contributed by atoms with Gasteiger partial charge in [-0.2, -0.15) is 26.3 Å². The highest BCUT2D eigenvalue weighted by Crippen LogP contribution is 2.40. The Bertz CT molecular complexity index is 1650. The number of aliphatic hydroxyl groups is 2. The molecule has 0 saturated carbocycles. The van der Waals surface area contributed by atoms with Gasteiger partial charge in [-0.15, -0.1) is 11.3 Å². The number of hydrogen-bond donors (Lipinski definition) is 5. The van der Waals surface area contributed by atoms with Crippen LogP contribution in [0.15, 0.2) is 30.3 Å². The minimum atomic E-state index is -4.74. The van der Waals surface area contributed by atoms with E-state index >= 15 is 4.39 Å². The van der Waals surface area contributed by atoms with E-state index in [4.69, 9.17) is 9.84 Å². The number of anilines is 2. The number of aliphatic hydroxyl groups excluding tert-OH is 2. The fraction of sp³-hybridized carbons (Fsp3) is 0.452. The molecule has 0 spiro atoms. The summed E-state index contributed by atoms with van der Waals surface area (Å²) in [6.45, 7) is -2.04. The molecule has 4 rings (SSSR count). The van der Waals surface area contributed by atoms with Crippen molar-refractivity contribution in [2.75, 3.05) is 57.1 Å². The third kappa shape index (κ3) is 9.84. The number of nitrogens with zero attached hydrogens (tertiary/aromatic N) is 1. The lowest BCUT2D eigenvalue weighted by Gasteiger charge is -2.36. The molecule has 3 unspecified atom stereocenters. The van der Waals surface area contributed by atoms with E-state index < -0.39 is 73.3 Å². The second-order valence-corrected chi connectivity index (χ2v) is 12.0. The van der Waals surface area contributed by atoms with Gasteiger partial charge in [0.15, 0.2) is 6.61 Å². The maximum atomic E-state index is 15.1. The van der Waals surface area contributed by atoms with E-state index in [0.717, 1.165) is 23.5 Å². The van der Waals surface area contributed by atoms with Crippen molar-refractivity contribution in [2.45, 2.75) is 43.5 Å². The number of ether oxygens (including phenoxy) is 1. The second-order valence-electron chi connectivity index (χ2n) is 11.0. The van der Waals surface area contributed by atoms with Gasteiger partial charge in [0, 0.05) is 32.7 Å². The molecule has 1 aliphatic heterocycles. The number of thiophene rings is 1. The van der Waals surface area contributed by atoms with Crippen molar-refractivity contribution < 1.29 is 54.9 Å². The number of piperidine rings is 1. The lowest BCUT2D eigenvalue weighted by atomic mass is 10.0. The van der Waals surface area contributed by atoms with Crippen LogP contribution in [0.3, 0.4) is 0 Å². The minimum absolute atomic E-state index is 0.0143. The summed E-state index contributed by atoms with van der Waals surface area (Å²) in [6, 6.07) is 5.52. The van der Waals surface area contributed by atoms with Crippen molar-refractivity contribution in [1.29, 1.82) is 0 Å². The number of likely N-dealkylation sites (tertiary alicyclic amines) is 1. The molecule has 0 radical (unpaired) electrons. The van der Waals surface area contributed by atoms with Gasteiger partial charge in [0.2, 0.25) is 0 Å². The number of fused-ring (bicyclic) bond motifs is 1. The Balaban J connectivity index is 1.58. The maximum absolute atomic E-state index is 15.1. The molecule has 1 fully saturated rings. The molecular formula is C31H32F8N4O4S. The Labute approximate surface area is 274 Å². The summed E-state index contributed by atoms with van der Waals surface area (Å²) in [7, 11) is 1.20. The van der Waals surface area contributed by atoms with E-state index in [0.29, 0.717) is 23.4 Å². The van der Waals surface area contributed by atoms with Crippen LogP contribution in [0.25, 0.3) is 10.1 Å². The van der Waals surface area contributed by atoms with Gasteiger partial charge in [0.05, 0.1) is 58.2 Å². The Morgan fingerprint density at radius 3 is 2.56 bits per heavy atom. The lowest BCUT2D eigenvalue weighted by molar-refractivity contribution is -0.153. The smallest absolute Gasteiger partial charge is 0.422 e. The van der Waals surface area contributed by atoms with E-state index in [1.165, 1.54) is 19.2 Å². The SMILES string of the molecule is CNC(=O)c1cc(OCC(F)(F)F)c(NCC#Cc2sc3c(NC4CCN(CC(O)CO)CC4F)cccc3c2CC(F)(F)F)cc1F. The molecule has 3 atom stereocenters. The van der Waals surface area contributed by atoms with Crippen molar-refractivity contribution in [3.05, 3.63) is 52.2 Å². The molecule has 5 N–H and O–H groups in total. The zero-order valence-electron chi connectivity index (χ0n) is 25.4. The predicted octanol–water partition coefficient (Wildman–Crippen LogP) is 5.09. The molecule has 1 saturated heterocycles. The zero-order valence-corrected chi connectivity index (χ0v) is 26.2. The number of hydrogen-bond acceptors (Lipinski definition) is 8. The van der Waals surface area contributed by atoms with Crippen LogP contribution in [0, 0.1) is 17.7 Å². The summed E-state index contributed by atoms with van der Waals surface area (Å²) in [5, 5.41) is 26.9. The number of carbonyl (C=O) groups excluding carboxylic acids is 1. The van der Waals surface area contributed by atoms with Gasteiger partial charge in [0.25, 0.3) is 5.91 Å². The quantitative estimate of drug-likeness (QED) is 0.140. The molecule has 262 valence electrons. The number of amides is 1. The first kappa shape index (κ1) is 37.0. The van der Waals surface area contributed by atoms with Gasteiger partial charge in [0.1, 0.15) is 17.7 Å². The first-order chi connectivity index (χ1) is 22.6. The second kappa shape index (κ2) is 15.6. The van der Waals surface area contributed by atoms with Gasteiger partial charge in [-0.1, -0.05) is 24.0 Å². The molecule has 2 aromatic carbocycles. The number of alkyl halides is 7. The fourth-order valence-electron chi connectivity index (χ4n) is 5.16. The molecule has 1 amide bonds. The van der Waals surface area contributed by atoms with Gasteiger partial charge in [-0.05, 0) is 29.5 Å². The molecule has 0 aliphatic carbocycles. The number of β-amino-alcohol motifs (C(OH)–C–C–N with tert-alkyl or cyclic N) is 1. The number of rotatable bonds is 11. The maximum Gasteiger partial charge on any atom is 0.422 e. The average molecular weight is 709 g/mol. The topological polar surface area (TPSA) is 106 Å². The lowest BCUT2D eigenvalue weighted by Crippen LogP contribution is -2.50. The highest BCUT2D eigenvalue weighted by Gasteiger charge is 2.33. The summed E-state index contributed by atoms with van der Waals surface area (Å²) in [6.07, 6.45) is -12.7.